The second kappa shape index (κ2) is 9.58. The Kier molecular flexibility index (Phi) is 7.06. The third-order valence-corrected chi connectivity index (χ3v) is 7.02. The molecule has 0 saturated carbocycles. The number of nitrogens with zero attached hydrogens (tertiary/aromatic N) is 1. The number of benzene rings is 3. The smallest absolute Gasteiger partial charge is 0.244 e. The van der Waals surface area contributed by atoms with Crippen LogP contribution in [0.25, 0.3) is 0 Å². The first kappa shape index (κ1) is 23.6. The third-order valence-electron chi connectivity index (χ3n) is 4.93. The van der Waals surface area contributed by atoms with Crippen molar-refractivity contribution in [2.45, 2.75) is 32.2 Å². The number of amides is 1. The molecule has 0 unspecified atom stereocenters. The van der Waals surface area contributed by atoms with Crippen LogP contribution in [0.4, 0.5) is 14.5 Å². The number of carbonyl (C=O) groups is 1. The Labute approximate surface area is 186 Å². The topological polar surface area (TPSA) is 66.5 Å². The molecule has 0 heterocycles. The minimum atomic E-state index is -4.08. The summed E-state index contributed by atoms with van der Waals surface area (Å²) in [5.74, 6) is -2.32. The highest BCUT2D eigenvalue weighted by Gasteiger charge is 2.30. The lowest BCUT2D eigenvalue weighted by Crippen LogP contribution is -2.38. The summed E-state index contributed by atoms with van der Waals surface area (Å²) in [5.41, 5.74) is 2.39. The standard InChI is InChI=1S/C24H24F2N2O3S/c1-16-11-17(2)24(18(3)12-16)32(30,31)28(14-19-7-5-4-6-8-19)15-23(29)27-22-13-20(25)9-10-21(22)26/h4-13H,14-15H2,1-3H3,(H,27,29). The summed E-state index contributed by atoms with van der Waals surface area (Å²) in [7, 11) is -4.08. The monoisotopic (exact) mass is 458 g/mol. The van der Waals surface area contributed by atoms with E-state index < -0.39 is 34.1 Å². The van der Waals surface area contributed by atoms with Crippen molar-refractivity contribution in [3.05, 3.63) is 94.6 Å². The van der Waals surface area contributed by atoms with Gasteiger partial charge >= 0.3 is 0 Å². The fourth-order valence-electron chi connectivity index (χ4n) is 3.66. The first-order valence-electron chi connectivity index (χ1n) is 9.95. The number of hydrogen-bond donors (Lipinski definition) is 1. The summed E-state index contributed by atoms with van der Waals surface area (Å²) in [5, 5.41) is 2.27. The summed E-state index contributed by atoms with van der Waals surface area (Å²) < 4.78 is 55.7. The van der Waals surface area contributed by atoms with Crippen LogP contribution in [-0.4, -0.2) is 25.2 Å². The first-order chi connectivity index (χ1) is 15.1. The van der Waals surface area contributed by atoms with E-state index in [0.29, 0.717) is 16.7 Å². The Morgan fingerprint density at radius 2 is 1.56 bits per heavy atom. The fourth-order valence-corrected chi connectivity index (χ4v) is 5.45. The van der Waals surface area contributed by atoms with Gasteiger partial charge in [-0.25, -0.2) is 17.2 Å². The van der Waals surface area contributed by atoms with Crippen molar-refractivity contribution in [2.75, 3.05) is 11.9 Å². The molecule has 1 amide bonds. The molecule has 0 aliphatic carbocycles. The number of carbonyl (C=O) groups excluding carboxylic acids is 1. The zero-order valence-electron chi connectivity index (χ0n) is 18.0. The van der Waals surface area contributed by atoms with Gasteiger partial charge in [0.05, 0.1) is 17.1 Å². The van der Waals surface area contributed by atoms with Gasteiger partial charge in [0, 0.05) is 12.6 Å². The zero-order valence-corrected chi connectivity index (χ0v) is 18.8. The van der Waals surface area contributed by atoms with Gasteiger partial charge in [0.2, 0.25) is 15.9 Å². The van der Waals surface area contributed by atoms with Crippen molar-refractivity contribution < 1.29 is 22.0 Å². The molecular weight excluding hydrogens is 434 g/mol. The Balaban J connectivity index is 1.97. The van der Waals surface area contributed by atoms with E-state index in [1.165, 1.54) is 0 Å². The second-order valence-electron chi connectivity index (χ2n) is 7.66. The van der Waals surface area contributed by atoms with Crippen LogP contribution >= 0.6 is 0 Å². The first-order valence-corrected chi connectivity index (χ1v) is 11.4. The van der Waals surface area contributed by atoms with Crippen LogP contribution in [0, 0.1) is 32.4 Å². The Hall–Kier alpha value is -3.10. The number of halogens is 2. The van der Waals surface area contributed by atoms with Crippen molar-refractivity contribution in [2.24, 2.45) is 0 Å². The van der Waals surface area contributed by atoms with Crippen molar-refractivity contribution in [3.8, 4) is 0 Å². The normalized spacial score (nSPS) is 11.6. The molecule has 0 atom stereocenters. The molecule has 0 saturated heterocycles. The highest BCUT2D eigenvalue weighted by Crippen LogP contribution is 2.26. The van der Waals surface area contributed by atoms with Gasteiger partial charge in [-0.05, 0) is 49.6 Å². The maximum Gasteiger partial charge on any atom is 0.244 e. The minimum absolute atomic E-state index is 0.0605. The van der Waals surface area contributed by atoms with E-state index in [1.54, 1.807) is 56.3 Å². The molecule has 0 aliphatic rings. The quantitative estimate of drug-likeness (QED) is 0.557. The number of sulfonamides is 1. The van der Waals surface area contributed by atoms with Gasteiger partial charge in [-0.3, -0.25) is 4.79 Å². The Morgan fingerprint density at radius 3 is 2.19 bits per heavy atom. The van der Waals surface area contributed by atoms with Crippen LogP contribution < -0.4 is 5.32 Å². The maximum atomic E-state index is 13.9. The largest absolute Gasteiger partial charge is 0.322 e. The van der Waals surface area contributed by atoms with Gasteiger partial charge in [-0.1, -0.05) is 48.0 Å². The predicted molar refractivity (Wildman–Crippen MR) is 120 cm³/mol. The molecule has 32 heavy (non-hydrogen) atoms. The van der Waals surface area contributed by atoms with Gasteiger partial charge in [0.25, 0.3) is 0 Å². The van der Waals surface area contributed by atoms with Crippen molar-refractivity contribution in [3.63, 3.8) is 0 Å². The summed E-state index contributed by atoms with van der Waals surface area (Å²) in [6.45, 7) is 4.65. The molecule has 0 fully saturated rings. The van der Waals surface area contributed by atoms with Crippen molar-refractivity contribution in [1.29, 1.82) is 0 Å². The molecule has 0 bridgehead atoms. The van der Waals surface area contributed by atoms with E-state index in [-0.39, 0.29) is 17.1 Å². The molecule has 0 radical (unpaired) electrons. The summed E-state index contributed by atoms with van der Waals surface area (Å²) in [6, 6.07) is 15.0. The molecule has 3 aromatic carbocycles. The molecular formula is C24H24F2N2O3S. The minimum Gasteiger partial charge on any atom is -0.322 e. The van der Waals surface area contributed by atoms with Gasteiger partial charge in [-0.15, -0.1) is 0 Å². The highest BCUT2D eigenvalue weighted by molar-refractivity contribution is 7.89. The van der Waals surface area contributed by atoms with Gasteiger partial charge in [0.1, 0.15) is 11.6 Å². The number of hydrogen-bond acceptors (Lipinski definition) is 3. The van der Waals surface area contributed by atoms with E-state index in [2.05, 4.69) is 5.32 Å². The summed E-state index contributed by atoms with van der Waals surface area (Å²) in [6.07, 6.45) is 0. The molecule has 0 aliphatic heterocycles. The number of aryl methyl sites for hydroxylation is 3. The van der Waals surface area contributed by atoms with E-state index >= 15 is 0 Å². The highest BCUT2D eigenvalue weighted by atomic mass is 32.2. The molecule has 3 aromatic rings. The maximum absolute atomic E-state index is 13.9. The Bertz CT molecular complexity index is 1220. The number of rotatable bonds is 7. The lowest BCUT2D eigenvalue weighted by molar-refractivity contribution is -0.116. The van der Waals surface area contributed by atoms with Crippen LogP contribution in [0.15, 0.2) is 65.6 Å². The third kappa shape index (κ3) is 5.38. The van der Waals surface area contributed by atoms with Crippen LogP contribution in [0.1, 0.15) is 22.3 Å². The lowest BCUT2D eigenvalue weighted by Gasteiger charge is -2.24. The van der Waals surface area contributed by atoms with E-state index in [0.717, 1.165) is 28.1 Å². The van der Waals surface area contributed by atoms with Gasteiger partial charge < -0.3 is 5.32 Å². The molecule has 1 N–H and O–H groups in total. The molecule has 168 valence electrons. The number of nitrogens with one attached hydrogen (secondary N) is 1. The van der Waals surface area contributed by atoms with Crippen molar-refractivity contribution in [1.82, 2.24) is 4.31 Å². The predicted octanol–water partition coefficient (Wildman–Crippen LogP) is 4.72. The van der Waals surface area contributed by atoms with Crippen molar-refractivity contribution >= 4 is 21.6 Å². The molecule has 0 spiro atoms. The fraction of sp³-hybridized carbons (Fsp3) is 0.208. The van der Waals surface area contributed by atoms with Crippen LogP contribution in [0.3, 0.4) is 0 Å². The summed E-state index contributed by atoms with van der Waals surface area (Å²) in [4.78, 5) is 12.8. The second-order valence-corrected chi connectivity index (χ2v) is 9.53. The van der Waals surface area contributed by atoms with Crippen LogP contribution in [0.2, 0.25) is 0 Å². The Morgan fingerprint density at radius 1 is 0.938 bits per heavy atom. The van der Waals surface area contributed by atoms with E-state index in [4.69, 9.17) is 0 Å². The van der Waals surface area contributed by atoms with Gasteiger partial charge in [0.15, 0.2) is 0 Å². The SMILES string of the molecule is Cc1cc(C)c(S(=O)(=O)N(CC(=O)Nc2cc(F)ccc2F)Cc2ccccc2)c(C)c1. The molecule has 8 heteroatoms. The van der Waals surface area contributed by atoms with E-state index in [9.17, 15) is 22.0 Å². The van der Waals surface area contributed by atoms with E-state index in [1.807, 2.05) is 6.92 Å². The van der Waals surface area contributed by atoms with Crippen LogP contribution in [0.5, 0.6) is 0 Å². The molecule has 5 nitrogen and oxygen atoms in total. The zero-order chi connectivity index (χ0) is 23.5. The number of anilines is 1. The van der Waals surface area contributed by atoms with Gasteiger partial charge in [-0.2, -0.15) is 4.31 Å². The molecule has 3 rings (SSSR count). The average Bonchev–Trinajstić information content (AvgIpc) is 2.70. The summed E-state index contributed by atoms with van der Waals surface area (Å²) >= 11 is 0. The lowest BCUT2D eigenvalue weighted by atomic mass is 10.1. The van der Waals surface area contributed by atoms with Crippen LogP contribution in [-0.2, 0) is 21.4 Å². The molecule has 0 aromatic heterocycles. The average molecular weight is 459 g/mol.